The Balaban J connectivity index is 1.47. The zero-order valence-corrected chi connectivity index (χ0v) is 25.4. The largest absolute Gasteiger partial charge is 0.368 e. The van der Waals surface area contributed by atoms with Gasteiger partial charge in [0.2, 0.25) is 17.7 Å². The van der Waals surface area contributed by atoms with Crippen LogP contribution in [0.2, 0.25) is 5.02 Å². The van der Waals surface area contributed by atoms with E-state index in [0.29, 0.717) is 24.8 Å². The van der Waals surface area contributed by atoms with E-state index in [0.717, 1.165) is 35.5 Å². The van der Waals surface area contributed by atoms with Crippen LogP contribution in [0.1, 0.15) is 43.4 Å². The fourth-order valence-electron chi connectivity index (χ4n) is 6.32. The number of benzene rings is 3. The summed E-state index contributed by atoms with van der Waals surface area (Å²) in [7, 11) is 0. The van der Waals surface area contributed by atoms with Crippen LogP contribution < -0.4 is 16.4 Å². The van der Waals surface area contributed by atoms with Gasteiger partial charge < -0.3 is 26.2 Å². The van der Waals surface area contributed by atoms with E-state index < -0.39 is 41.7 Å². The normalized spacial score (nSPS) is 20.3. The van der Waals surface area contributed by atoms with E-state index in [4.69, 9.17) is 17.3 Å². The highest BCUT2D eigenvalue weighted by Crippen LogP contribution is 2.33. The van der Waals surface area contributed by atoms with Gasteiger partial charge in [-0.05, 0) is 73.3 Å². The van der Waals surface area contributed by atoms with Gasteiger partial charge in [0.05, 0.1) is 11.6 Å². The minimum absolute atomic E-state index is 0.162. The number of nitrogens with zero attached hydrogens (tertiary/aromatic N) is 2. The third-order valence-corrected chi connectivity index (χ3v) is 9.02. The Kier molecular flexibility index (Phi) is 9.80. The van der Waals surface area contributed by atoms with Crippen molar-refractivity contribution < 1.29 is 23.6 Å². The molecule has 0 aromatic heterocycles. The summed E-state index contributed by atoms with van der Waals surface area (Å²) < 4.78 is 14.2. The van der Waals surface area contributed by atoms with Crippen molar-refractivity contribution in [3.8, 4) is 0 Å². The van der Waals surface area contributed by atoms with Crippen LogP contribution in [0.15, 0.2) is 60.7 Å². The minimum atomic E-state index is -1.22. The molecule has 2 aliphatic heterocycles. The van der Waals surface area contributed by atoms with Crippen molar-refractivity contribution in [1.82, 2.24) is 20.4 Å². The van der Waals surface area contributed by atoms with Gasteiger partial charge in [0.25, 0.3) is 5.91 Å². The quantitative estimate of drug-likeness (QED) is 0.356. The topological polar surface area (TPSA) is 125 Å². The van der Waals surface area contributed by atoms with E-state index in [2.05, 4.69) is 10.6 Å². The van der Waals surface area contributed by atoms with Crippen LogP contribution in [0.3, 0.4) is 0 Å². The molecule has 0 bridgehead atoms. The van der Waals surface area contributed by atoms with Gasteiger partial charge in [-0.2, -0.15) is 0 Å². The molecule has 4 N–H and O–H groups in total. The van der Waals surface area contributed by atoms with E-state index >= 15 is 0 Å². The Morgan fingerprint density at radius 2 is 1.80 bits per heavy atom. The molecule has 2 fully saturated rings. The number of nitrogens with two attached hydrogens (primary N) is 1. The number of nitrogens with one attached hydrogen (secondary N) is 2. The fraction of sp³-hybridized carbons (Fsp3) is 0.394. The van der Waals surface area contributed by atoms with Gasteiger partial charge in [-0.1, -0.05) is 60.1 Å². The Hall–Kier alpha value is -4.02. The summed E-state index contributed by atoms with van der Waals surface area (Å²) in [6, 6.07) is 14.7. The van der Waals surface area contributed by atoms with Crippen LogP contribution in [-0.2, 0) is 25.6 Å². The molecule has 0 saturated carbocycles. The van der Waals surface area contributed by atoms with Gasteiger partial charge in [-0.25, -0.2) is 4.39 Å². The number of carbonyl (C=O) groups is 4. The number of piperidine rings is 1. The Morgan fingerprint density at radius 1 is 1.07 bits per heavy atom. The number of hydrogen-bond donors (Lipinski definition) is 3. The first-order chi connectivity index (χ1) is 21.2. The van der Waals surface area contributed by atoms with Crippen molar-refractivity contribution in [1.29, 1.82) is 0 Å². The van der Waals surface area contributed by atoms with Gasteiger partial charge in [0.15, 0.2) is 0 Å². The third kappa shape index (κ3) is 6.71. The first kappa shape index (κ1) is 31.4. The first-order valence-corrected chi connectivity index (χ1v) is 15.3. The van der Waals surface area contributed by atoms with E-state index in [1.165, 1.54) is 21.9 Å². The smallest absolute Gasteiger partial charge is 0.250 e. The van der Waals surface area contributed by atoms with E-state index in [1.807, 2.05) is 49.4 Å². The number of rotatable bonds is 8. The lowest BCUT2D eigenvalue weighted by atomic mass is 9.96. The Morgan fingerprint density at radius 3 is 2.52 bits per heavy atom. The lowest BCUT2D eigenvalue weighted by molar-refractivity contribution is -0.148. The zero-order chi connectivity index (χ0) is 31.4. The second-order valence-corrected chi connectivity index (χ2v) is 12.0. The average Bonchev–Trinajstić information content (AvgIpc) is 3.15. The van der Waals surface area contributed by atoms with Crippen LogP contribution in [0, 0.1) is 11.7 Å². The monoisotopic (exact) mass is 621 g/mol. The van der Waals surface area contributed by atoms with Crippen LogP contribution in [0.4, 0.5) is 4.39 Å². The minimum Gasteiger partial charge on any atom is -0.368 e. The van der Waals surface area contributed by atoms with E-state index in [1.54, 1.807) is 0 Å². The van der Waals surface area contributed by atoms with Crippen LogP contribution in [-0.4, -0.2) is 71.7 Å². The molecule has 232 valence electrons. The predicted molar refractivity (Wildman–Crippen MR) is 166 cm³/mol. The molecule has 0 unspecified atom stereocenters. The molecule has 0 spiro atoms. The molecule has 0 radical (unpaired) electrons. The maximum absolute atomic E-state index is 14.5. The summed E-state index contributed by atoms with van der Waals surface area (Å²) in [6.07, 6.45) is 1.88. The highest BCUT2D eigenvalue weighted by molar-refractivity contribution is 6.30. The fourth-order valence-corrected chi connectivity index (χ4v) is 6.51. The summed E-state index contributed by atoms with van der Waals surface area (Å²) >= 11 is 6.15. The summed E-state index contributed by atoms with van der Waals surface area (Å²) in [5.41, 5.74) is 7.10. The SMILES string of the molecule is C[C@@H]1CCN([C@H](Cc2cccc3ccccc23)C(N)=O)C(=O)[C@H](c2ccc(F)c(Cl)c2)N1C(=O)CNC(=O)C1CCNCC1. The van der Waals surface area contributed by atoms with E-state index in [9.17, 15) is 23.6 Å². The number of fused-ring (bicyclic) bond motifs is 1. The zero-order valence-electron chi connectivity index (χ0n) is 24.6. The second-order valence-electron chi connectivity index (χ2n) is 11.5. The lowest BCUT2D eigenvalue weighted by Crippen LogP contribution is -2.53. The van der Waals surface area contributed by atoms with Crippen LogP contribution in [0.5, 0.6) is 0 Å². The van der Waals surface area contributed by atoms with Crippen LogP contribution in [0.25, 0.3) is 10.8 Å². The number of halogens is 2. The molecule has 11 heteroatoms. The number of carbonyl (C=O) groups excluding carboxylic acids is 4. The summed E-state index contributed by atoms with van der Waals surface area (Å²) in [6.45, 7) is 3.13. The Bertz CT molecular complexity index is 1560. The maximum Gasteiger partial charge on any atom is 0.250 e. The van der Waals surface area contributed by atoms with Gasteiger partial charge in [0.1, 0.15) is 17.9 Å². The standard InChI is InChI=1S/C33H37ClFN5O4/c1-20-13-16-39(28(31(36)42)18-23-7-4-6-21-5-2-3-8-25(21)23)33(44)30(24-9-10-27(35)26(34)17-24)40(20)29(41)19-38-32(43)22-11-14-37-15-12-22/h2-10,17,20,22,28,30,37H,11-16,18-19H2,1H3,(H2,36,42)(H,38,43)/t20-,28-,30+/m1/s1. The summed E-state index contributed by atoms with van der Waals surface area (Å²) in [5.74, 6) is -2.74. The molecule has 0 aliphatic carbocycles. The average molecular weight is 622 g/mol. The lowest BCUT2D eigenvalue weighted by Gasteiger charge is -2.36. The molecule has 2 heterocycles. The van der Waals surface area contributed by atoms with Gasteiger partial charge >= 0.3 is 0 Å². The third-order valence-electron chi connectivity index (χ3n) is 8.73. The Labute approximate surface area is 260 Å². The molecule has 9 nitrogen and oxygen atoms in total. The predicted octanol–water partition coefficient (Wildman–Crippen LogP) is 3.34. The molecule has 5 rings (SSSR count). The van der Waals surface area contributed by atoms with Crippen molar-refractivity contribution >= 4 is 46.0 Å². The van der Waals surface area contributed by atoms with E-state index in [-0.39, 0.29) is 36.4 Å². The van der Waals surface area contributed by atoms with Crippen molar-refractivity contribution in [2.45, 2.75) is 50.7 Å². The molecular weight excluding hydrogens is 585 g/mol. The molecule has 3 atom stereocenters. The maximum atomic E-state index is 14.5. The van der Waals surface area contributed by atoms with Crippen molar-refractivity contribution in [3.63, 3.8) is 0 Å². The molecule has 3 aromatic rings. The summed E-state index contributed by atoms with van der Waals surface area (Å²) in [4.78, 5) is 57.0. The highest BCUT2D eigenvalue weighted by Gasteiger charge is 2.43. The number of hydrogen-bond acceptors (Lipinski definition) is 5. The molecular formula is C33H37ClFN5O4. The number of primary amides is 1. The van der Waals surface area contributed by atoms with Crippen LogP contribution >= 0.6 is 11.6 Å². The van der Waals surface area contributed by atoms with Gasteiger partial charge in [-0.3, -0.25) is 19.2 Å². The highest BCUT2D eigenvalue weighted by atomic mass is 35.5. The molecule has 2 aliphatic rings. The van der Waals surface area contributed by atoms with Crippen molar-refractivity contribution in [2.24, 2.45) is 11.7 Å². The van der Waals surface area contributed by atoms with Crippen molar-refractivity contribution in [2.75, 3.05) is 26.2 Å². The summed E-state index contributed by atoms with van der Waals surface area (Å²) in [5, 5.41) is 7.71. The molecule has 4 amide bonds. The van der Waals surface area contributed by atoms with Crippen molar-refractivity contribution in [3.05, 3.63) is 82.6 Å². The van der Waals surface area contributed by atoms with Gasteiger partial charge in [-0.15, -0.1) is 0 Å². The molecule has 3 aromatic carbocycles. The number of amides is 4. The molecule has 2 saturated heterocycles. The van der Waals surface area contributed by atoms with Gasteiger partial charge in [0, 0.05) is 24.9 Å². The first-order valence-electron chi connectivity index (χ1n) is 15.0. The second kappa shape index (κ2) is 13.7. The molecule has 44 heavy (non-hydrogen) atoms.